The van der Waals surface area contributed by atoms with Crippen LogP contribution in [0.25, 0.3) is 10.8 Å². The van der Waals surface area contributed by atoms with Crippen molar-refractivity contribution < 1.29 is 4.79 Å². The van der Waals surface area contributed by atoms with Gasteiger partial charge in [0, 0.05) is 34.3 Å². The fourth-order valence-corrected chi connectivity index (χ4v) is 4.68. The number of benzene rings is 3. The molecule has 0 saturated heterocycles. The van der Waals surface area contributed by atoms with Crippen molar-refractivity contribution in [2.45, 2.75) is 31.2 Å². The topological polar surface area (TPSA) is 20.3 Å². The first kappa shape index (κ1) is 13.8. The molecule has 118 valence electrons. The summed E-state index contributed by atoms with van der Waals surface area (Å²) in [6.07, 6.45) is 4.67. The van der Waals surface area contributed by atoms with Gasteiger partial charge in [-0.15, -0.1) is 0 Å². The number of fused-ring (bicyclic) bond motifs is 4. The van der Waals surface area contributed by atoms with Gasteiger partial charge in [-0.3, -0.25) is 4.79 Å². The number of aldehydes is 1. The summed E-state index contributed by atoms with van der Waals surface area (Å²) in [5.41, 5.74) is 4.73. The van der Waals surface area contributed by atoms with E-state index in [1.807, 2.05) is 6.07 Å². The molecule has 0 radical (unpaired) electrons. The normalized spacial score (nSPS) is 21.8. The van der Waals surface area contributed by atoms with E-state index in [4.69, 9.17) is 0 Å². The summed E-state index contributed by atoms with van der Waals surface area (Å²) >= 11 is 0. The maximum Gasteiger partial charge on any atom is 0.150 e. The lowest BCUT2D eigenvalue weighted by atomic mass is 9.96. The van der Waals surface area contributed by atoms with Gasteiger partial charge in [-0.1, -0.05) is 42.8 Å². The van der Waals surface area contributed by atoms with Gasteiger partial charge in [0.2, 0.25) is 0 Å². The van der Waals surface area contributed by atoms with Gasteiger partial charge in [0.25, 0.3) is 0 Å². The molecule has 2 heteroatoms. The summed E-state index contributed by atoms with van der Waals surface area (Å²) in [5.74, 6) is 0.555. The first-order valence-corrected chi connectivity index (χ1v) is 8.73. The number of nitrogens with zero attached hydrogens (tertiary/aromatic N) is 1. The van der Waals surface area contributed by atoms with Gasteiger partial charge in [0.05, 0.1) is 0 Å². The third-order valence-electron chi connectivity index (χ3n) is 5.68. The van der Waals surface area contributed by atoms with Gasteiger partial charge in [-0.05, 0) is 48.1 Å². The minimum Gasteiger partial charge on any atom is -0.337 e. The van der Waals surface area contributed by atoms with Crippen molar-refractivity contribution in [3.8, 4) is 0 Å². The Balaban J connectivity index is 1.75. The van der Waals surface area contributed by atoms with Crippen LogP contribution in [0.5, 0.6) is 0 Å². The van der Waals surface area contributed by atoms with Gasteiger partial charge in [-0.25, -0.2) is 0 Å². The van der Waals surface area contributed by atoms with Gasteiger partial charge >= 0.3 is 0 Å². The van der Waals surface area contributed by atoms with E-state index in [0.717, 1.165) is 11.8 Å². The molecule has 1 aliphatic carbocycles. The number of hydrogen-bond donors (Lipinski definition) is 0. The Bertz CT molecular complexity index is 940. The predicted molar refractivity (Wildman–Crippen MR) is 98.3 cm³/mol. The molecule has 1 saturated carbocycles. The SMILES string of the molecule is O=Cc1ccc2c(c1)C1CCCC1N2c1cccc2ccccc12. The lowest BCUT2D eigenvalue weighted by Gasteiger charge is -2.28. The summed E-state index contributed by atoms with van der Waals surface area (Å²) in [6.45, 7) is 0. The second kappa shape index (κ2) is 5.20. The van der Waals surface area contributed by atoms with E-state index in [2.05, 4.69) is 59.5 Å². The number of carbonyl (C=O) groups is 1. The van der Waals surface area contributed by atoms with E-state index in [0.29, 0.717) is 12.0 Å². The summed E-state index contributed by atoms with van der Waals surface area (Å²) in [4.78, 5) is 13.7. The lowest BCUT2D eigenvalue weighted by Crippen LogP contribution is -2.26. The van der Waals surface area contributed by atoms with Crippen LogP contribution in [0.2, 0.25) is 0 Å². The zero-order valence-electron chi connectivity index (χ0n) is 13.5. The third-order valence-corrected chi connectivity index (χ3v) is 5.68. The summed E-state index contributed by atoms with van der Waals surface area (Å²) in [6, 6.07) is 21.9. The lowest BCUT2D eigenvalue weighted by molar-refractivity contribution is 0.112. The van der Waals surface area contributed by atoms with E-state index in [1.165, 1.54) is 47.0 Å². The minimum absolute atomic E-state index is 0.521. The average Bonchev–Trinajstić information content (AvgIpc) is 3.21. The van der Waals surface area contributed by atoms with Gasteiger partial charge in [0.15, 0.2) is 0 Å². The largest absolute Gasteiger partial charge is 0.337 e. The molecule has 0 aromatic heterocycles. The standard InChI is InChI=1S/C22H19NO/c24-14-15-11-12-22-19(13-15)18-8-4-10-21(18)23(22)20-9-3-6-16-5-1-2-7-17(16)20/h1-3,5-7,9,11-14,18,21H,4,8,10H2. The van der Waals surface area contributed by atoms with Crippen LogP contribution < -0.4 is 4.90 Å². The highest BCUT2D eigenvalue weighted by Crippen LogP contribution is 2.53. The van der Waals surface area contributed by atoms with Crippen molar-refractivity contribution in [3.63, 3.8) is 0 Å². The van der Waals surface area contributed by atoms with Crippen molar-refractivity contribution in [2.24, 2.45) is 0 Å². The van der Waals surface area contributed by atoms with Gasteiger partial charge in [-0.2, -0.15) is 0 Å². The van der Waals surface area contributed by atoms with Crippen LogP contribution in [0.15, 0.2) is 60.7 Å². The molecular formula is C22H19NO. The highest BCUT2D eigenvalue weighted by atomic mass is 16.1. The van der Waals surface area contributed by atoms with Crippen molar-refractivity contribution in [3.05, 3.63) is 71.8 Å². The van der Waals surface area contributed by atoms with Crippen molar-refractivity contribution >= 4 is 28.4 Å². The molecule has 0 bridgehead atoms. The van der Waals surface area contributed by atoms with Crippen LogP contribution in [0.1, 0.15) is 41.1 Å². The molecule has 2 atom stereocenters. The molecular weight excluding hydrogens is 294 g/mol. The van der Waals surface area contributed by atoms with E-state index in [-0.39, 0.29) is 0 Å². The zero-order valence-corrected chi connectivity index (χ0v) is 13.5. The van der Waals surface area contributed by atoms with Crippen LogP contribution in [0.4, 0.5) is 11.4 Å². The molecule has 3 aromatic rings. The molecule has 1 heterocycles. The fourth-order valence-electron chi connectivity index (χ4n) is 4.68. The maximum absolute atomic E-state index is 11.2. The number of anilines is 2. The molecule has 1 fully saturated rings. The minimum atomic E-state index is 0.521. The molecule has 24 heavy (non-hydrogen) atoms. The Kier molecular flexibility index (Phi) is 2.99. The van der Waals surface area contributed by atoms with E-state index < -0.39 is 0 Å². The number of hydrogen-bond acceptors (Lipinski definition) is 2. The molecule has 0 N–H and O–H groups in total. The first-order valence-electron chi connectivity index (χ1n) is 8.73. The number of rotatable bonds is 2. The maximum atomic E-state index is 11.2. The summed E-state index contributed by atoms with van der Waals surface area (Å²) < 4.78 is 0. The van der Waals surface area contributed by atoms with Crippen LogP contribution >= 0.6 is 0 Å². The van der Waals surface area contributed by atoms with Gasteiger partial charge in [0.1, 0.15) is 6.29 Å². The van der Waals surface area contributed by atoms with Crippen molar-refractivity contribution in [1.29, 1.82) is 0 Å². The molecule has 0 spiro atoms. The molecule has 0 amide bonds. The Morgan fingerprint density at radius 2 is 1.79 bits per heavy atom. The van der Waals surface area contributed by atoms with Crippen LogP contribution in [-0.2, 0) is 0 Å². The predicted octanol–water partition coefficient (Wildman–Crippen LogP) is 5.44. The molecule has 5 rings (SSSR count). The molecule has 2 nitrogen and oxygen atoms in total. The summed E-state index contributed by atoms with van der Waals surface area (Å²) in [7, 11) is 0. The highest BCUT2D eigenvalue weighted by molar-refractivity contribution is 5.97. The van der Waals surface area contributed by atoms with E-state index >= 15 is 0 Å². The number of carbonyl (C=O) groups excluding carboxylic acids is 1. The Morgan fingerprint density at radius 1 is 0.917 bits per heavy atom. The Hall–Kier alpha value is -2.61. The smallest absolute Gasteiger partial charge is 0.150 e. The zero-order chi connectivity index (χ0) is 16.1. The van der Waals surface area contributed by atoms with Crippen LogP contribution in [-0.4, -0.2) is 12.3 Å². The fraction of sp³-hybridized carbons (Fsp3) is 0.227. The second-order valence-corrected chi connectivity index (χ2v) is 6.91. The van der Waals surface area contributed by atoms with Gasteiger partial charge < -0.3 is 4.90 Å². The second-order valence-electron chi connectivity index (χ2n) is 6.91. The molecule has 2 unspecified atom stereocenters. The van der Waals surface area contributed by atoms with Crippen LogP contribution in [0.3, 0.4) is 0 Å². The monoisotopic (exact) mass is 313 g/mol. The molecule has 2 aliphatic rings. The van der Waals surface area contributed by atoms with E-state index in [1.54, 1.807) is 0 Å². The Morgan fingerprint density at radius 3 is 2.71 bits per heavy atom. The third kappa shape index (κ3) is 1.86. The van der Waals surface area contributed by atoms with E-state index in [9.17, 15) is 4.79 Å². The van der Waals surface area contributed by atoms with Crippen molar-refractivity contribution in [2.75, 3.05) is 4.90 Å². The van der Waals surface area contributed by atoms with Crippen LogP contribution in [0, 0.1) is 0 Å². The summed E-state index contributed by atoms with van der Waals surface area (Å²) in [5, 5.41) is 2.58. The molecule has 3 aromatic carbocycles. The first-order chi connectivity index (χ1) is 11.9. The Labute approximate surface area is 141 Å². The van der Waals surface area contributed by atoms with Crippen molar-refractivity contribution in [1.82, 2.24) is 0 Å². The quantitative estimate of drug-likeness (QED) is 0.587. The molecule has 1 aliphatic heterocycles. The average molecular weight is 313 g/mol. The highest BCUT2D eigenvalue weighted by Gasteiger charge is 2.42.